The maximum atomic E-state index is 11.4. The van der Waals surface area contributed by atoms with E-state index in [0.717, 1.165) is 10.2 Å². The molecular formula is C10H13BrN2O. The molecule has 0 aliphatic heterocycles. The molecule has 0 saturated heterocycles. The quantitative estimate of drug-likeness (QED) is 0.871. The van der Waals surface area contributed by atoms with Crippen LogP contribution in [0.3, 0.4) is 0 Å². The van der Waals surface area contributed by atoms with Crippen molar-refractivity contribution in [3.63, 3.8) is 0 Å². The molecule has 3 nitrogen and oxygen atoms in total. The predicted molar refractivity (Wildman–Crippen MR) is 61.0 cm³/mol. The Hall–Kier alpha value is -0.870. The third-order valence-corrected chi connectivity index (χ3v) is 2.36. The van der Waals surface area contributed by atoms with E-state index in [1.54, 1.807) is 0 Å². The van der Waals surface area contributed by atoms with Gasteiger partial charge in [-0.1, -0.05) is 28.9 Å². The van der Waals surface area contributed by atoms with Gasteiger partial charge in [0.05, 0.1) is 6.04 Å². The number of rotatable bonds is 3. The summed E-state index contributed by atoms with van der Waals surface area (Å²) in [6, 6.07) is 6.98. The molecule has 1 amide bonds. The highest BCUT2D eigenvalue weighted by Crippen LogP contribution is 2.15. The zero-order valence-electron chi connectivity index (χ0n) is 7.96. The molecule has 0 aromatic heterocycles. The fourth-order valence-electron chi connectivity index (χ4n) is 0.987. The van der Waals surface area contributed by atoms with E-state index in [9.17, 15) is 4.79 Å². The van der Waals surface area contributed by atoms with Crippen LogP contribution in [0.1, 0.15) is 13.3 Å². The zero-order valence-corrected chi connectivity index (χ0v) is 9.54. The fourth-order valence-corrected chi connectivity index (χ4v) is 1.39. The Morgan fingerprint density at radius 1 is 1.64 bits per heavy atom. The first-order valence-corrected chi connectivity index (χ1v) is 5.24. The lowest BCUT2D eigenvalue weighted by molar-refractivity contribution is -0.117. The van der Waals surface area contributed by atoms with Crippen LogP contribution in [-0.2, 0) is 4.79 Å². The lowest BCUT2D eigenvalue weighted by Gasteiger charge is -2.09. The minimum absolute atomic E-state index is 0.148. The third-order valence-electron chi connectivity index (χ3n) is 1.87. The van der Waals surface area contributed by atoms with E-state index in [1.165, 1.54) is 0 Å². The van der Waals surface area contributed by atoms with Gasteiger partial charge in [0.2, 0.25) is 5.91 Å². The van der Waals surface area contributed by atoms with Crippen LogP contribution < -0.4 is 11.1 Å². The molecule has 76 valence electrons. The van der Waals surface area contributed by atoms with Gasteiger partial charge in [-0.25, -0.2) is 0 Å². The number of benzene rings is 1. The Morgan fingerprint density at radius 3 is 2.93 bits per heavy atom. The highest BCUT2D eigenvalue weighted by molar-refractivity contribution is 9.10. The fraction of sp³-hybridized carbons (Fsp3) is 0.300. The summed E-state index contributed by atoms with van der Waals surface area (Å²) in [5, 5.41) is 2.74. The highest BCUT2D eigenvalue weighted by atomic mass is 79.9. The van der Waals surface area contributed by atoms with E-state index in [2.05, 4.69) is 21.2 Å². The number of nitrogens with two attached hydrogens (primary N) is 1. The summed E-state index contributed by atoms with van der Waals surface area (Å²) in [7, 11) is 0. The highest BCUT2D eigenvalue weighted by Gasteiger charge is 2.10. The summed E-state index contributed by atoms with van der Waals surface area (Å²) < 4.78 is 0.931. The maximum absolute atomic E-state index is 11.4. The first-order chi connectivity index (χ1) is 6.63. The Morgan fingerprint density at radius 2 is 2.36 bits per heavy atom. The van der Waals surface area contributed by atoms with Crippen LogP contribution in [0.15, 0.2) is 28.7 Å². The number of amides is 1. The lowest BCUT2D eigenvalue weighted by atomic mass is 10.2. The van der Waals surface area contributed by atoms with Crippen molar-refractivity contribution in [2.24, 2.45) is 5.73 Å². The van der Waals surface area contributed by atoms with Gasteiger partial charge >= 0.3 is 0 Å². The van der Waals surface area contributed by atoms with Crippen molar-refractivity contribution < 1.29 is 4.79 Å². The number of anilines is 1. The first kappa shape index (κ1) is 11.2. The Balaban J connectivity index is 2.65. The van der Waals surface area contributed by atoms with Crippen molar-refractivity contribution in [1.29, 1.82) is 0 Å². The normalized spacial score (nSPS) is 12.2. The summed E-state index contributed by atoms with van der Waals surface area (Å²) >= 11 is 3.32. The molecule has 0 aliphatic carbocycles. The monoisotopic (exact) mass is 256 g/mol. The van der Waals surface area contributed by atoms with Crippen molar-refractivity contribution in [1.82, 2.24) is 0 Å². The van der Waals surface area contributed by atoms with Gasteiger partial charge in [0.1, 0.15) is 0 Å². The van der Waals surface area contributed by atoms with E-state index in [1.807, 2.05) is 31.2 Å². The van der Waals surface area contributed by atoms with Crippen LogP contribution in [-0.4, -0.2) is 11.9 Å². The van der Waals surface area contributed by atoms with Crippen LogP contribution in [0.5, 0.6) is 0 Å². The third kappa shape index (κ3) is 3.12. The molecule has 4 heteroatoms. The Bertz CT molecular complexity index is 328. The molecule has 0 radical (unpaired) electrons. The topological polar surface area (TPSA) is 55.1 Å². The van der Waals surface area contributed by atoms with Crippen molar-refractivity contribution in [2.45, 2.75) is 19.4 Å². The van der Waals surface area contributed by atoms with E-state index in [-0.39, 0.29) is 5.91 Å². The molecular weight excluding hydrogens is 244 g/mol. The van der Waals surface area contributed by atoms with Crippen LogP contribution >= 0.6 is 15.9 Å². The average molecular weight is 257 g/mol. The second-order valence-electron chi connectivity index (χ2n) is 3.01. The molecule has 3 N–H and O–H groups in total. The SMILES string of the molecule is CC[C@@H](N)C(=O)Nc1cccc(Br)c1. The molecule has 0 saturated carbocycles. The molecule has 1 aromatic rings. The molecule has 0 unspecified atom stereocenters. The molecule has 1 atom stereocenters. The van der Waals surface area contributed by atoms with Gasteiger partial charge in [-0.05, 0) is 24.6 Å². The Labute approximate surface area is 91.8 Å². The summed E-state index contributed by atoms with van der Waals surface area (Å²) in [4.78, 5) is 11.4. The summed E-state index contributed by atoms with van der Waals surface area (Å²) in [5.74, 6) is -0.148. The van der Waals surface area contributed by atoms with Crippen LogP contribution in [0.2, 0.25) is 0 Å². The molecule has 14 heavy (non-hydrogen) atoms. The van der Waals surface area contributed by atoms with Crippen molar-refractivity contribution in [3.8, 4) is 0 Å². The Kier molecular flexibility index (Phi) is 4.10. The largest absolute Gasteiger partial charge is 0.325 e. The van der Waals surface area contributed by atoms with Gasteiger partial charge in [0, 0.05) is 10.2 Å². The summed E-state index contributed by atoms with van der Waals surface area (Å²) in [6.45, 7) is 1.88. The van der Waals surface area contributed by atoms with Crippen LogP contribution in [0.25, 0.3) is 0 Å². The summed E-state index contributed by atoms with van der Waals surface area (Å²) in [5.41, 5.74) is 6.34. The lowest BCUT2D eigenvalue weighted by Crippen LogP contribution is -2.34. The number of nitrogens with one attached hydrogen (secondary N) is 1. The van der Waals surface area contributed by atoms with Crippen molar-refractivity contribution in [3.05, 3.63) is 28.7 Å². The second kappa shape index (κ2) is 5.12. The van der Waals surface area contributed by atoms with E-state index < -0.39 is 6.04 Å². The van der Waals surface area contributed by atoms with Gasteiger partial charge in [-0.15, -0.1) is 0 Å². The molecule has 1 rings (SSSR count). The molecule has 0 fully saturated rings. The first-order valence-electron chi connectivity index (χ1n) is 4.45. The predicted octanol–water partition coefficient (Wildman–Crippen LogP) is 2.12. The molecule has 0 heterocycles. The molecule has 0 aliphatic rings. The smallest absolute Gasteiger partial charge is 0.241 e. The molecule has 0 spiro atoms. The van der Waals surface area contributed by atoms with E-state index in [0.29, 0.717) is 6.42 Å². The average Bonchev–Trinajstić information content (AvgIpc) is 2.16. The van der Waals surface area contributed by atoms with E-state index in [4.69, 9.17) is 5.73 Å². The van der Waals surface area contributed by atoms with Crippen molar-refractivity contribution in [2.75, 3.05) is 5.32 Å². The zero-order chi connectivity index (χ0) is 10.6. The van der Waals surface area contributed by atoms with Gasteiger partial charge in [-0.3, -0.25) is 4.79 Å². The summed E-state index contributed by atoms with van der Waals surface area (Å²) in [6.07, 6.45) is 0.639. The van der Waals surface area contributed by atoms with Gasteiger partial charge in [0.25, 0.3) is 0 Å². The minimum Gasteiger partial charge on any atom is -0.325 e. The number of hydrogen-bond donors (Lipinski definition) is 2. The molecule has 1 aromatic carbocycles. The standard InChI is InChI=1S/C10H13BrN2O/c1-2-9(12)10(14)13-8-5-3-4-7(11)6-8/h3-6,9H,2,12H2,1H3,(H,13,14)/t9-/m1/s1. The van der Waals surface area contributed by atoms with Gasteiger partial charge in [-0.2, -0.15) is 0 Å². The van der Waals surface area contributed by atoms with Gasteiger partial charge in [0.15, 0.2) is 0 Å². The minimum atomic E-state index is -0.436. The van der Waals surface area contributed by atoms with E-state index >= 15 is 0 Å². The van der Waals surface area contributed by atoms with Crippen LogP contribution in [0.4, 0.5) is 5.69 Å². The second-order valence-corrected chi connectivity index (χ2v) is 3.93. The number of hydrogen-bond acceptors (Lipinski definition) is 2. The van der Waals surface area contributed by atoms with Gasteiger partial charge < -0.3 is 11.1 Å². The molecule has 0 bridgehead atoms. The van der Waals surface area contributed by atoms with Crippen molar-refractivity contribution >= 4 is 27.5 Å². The number of halogens is 1. The number of carbonyl (C=O) groups excluding carboxylic acids is 1. The number of carbonyl (C=O) groups is 1. The maximum Gasteiger partial charge on any atom is 0.241 e. The van der Waals surface area contributed by atoms with Crippen LogP contribution in [0, 0.1) is 0 Å².